The molecule has 10 heteroatoms. The molecule has 7 nitrogen and oxygen atoms in total. The zero-order valence-corrected chi connectivity index (χ0v) is 15.9. The molecule has 146 valence electrons. The second-order valence-corrected chi connectivity index (χ2v) is 7.56. The van der Waals surface area contributed by atoms with Gasteiger partial charge in [-0.1, -0.05) is 11.6 Å². The van der Waals surface area contributed by atoms with Crippen molar-refractivity contribution >= 4 is 23.1 Å². The second kappa shape index (κ2) is 7.05. The van der Waals surface area contributed by atoms with Gasteiger partial charge in [0.1, 0.15) is 22.9 Å². The minimum Gasteiger partial charge on any atom is -0.485 e. The number of anilines is 2. The molecule has 0 bridgehead atoms. The summed E-state index contributed by atoms with van der Waals surface area (Å²) in [6.45, 7) is 3.56. The molecule has 2 aromatic heterocycles. The number of hydrogen-bond acceptors (Lipinski definition) is 6. The molecule has 0 atom stereocenters. The highest BCUT2D eigenvalue weighted by Crippen LogP contribution is 2.29. The first-order valence-electron chi connectivity index (χ1n) is 8.29. The fraction of sp³-hybridized carbons (Fsp3) is 0.471. The number of nitrogens with zero attached hydrogens (tertiary/aromatic N) is 4. The first kappa shape index (κ1) is 19.5. The molecule has 0 amide bonds. The zero-order chi connectivity index (χ0) is 19.8. The van der Waals surface area contributed by atoms with Crippen LogP contribution in [0.25, 0.3) is 0 Å². The van der Waals surface area contributed by atoms with Gasteiger partial charge < -0.3 is 10.1 Å². The van der Waals surface area contributed by atoms with Crippen molar-refractivity contribution in [3.63, 3.8) is 0 Å². The Morgan fingerprint density at radius 2 is 2.07 bits per heavy atom. The lowest BCUT2D eigenvalue weighted by Crippen LogP contribution is -2.60. The molecule has 0 spiro atoms. The highest BCUT2D eigenvalue weighted by Gasteiger charge is 2.45. The van der Waals surface area contributed by atoms with E-state index < -0.39 is 11.5 Å². The molecule has 3 rings (SSSR count). The molecule has 1 fully saturated rings. The van der Waals surface area contributed by atoms with E-state index in [1.54, 1.807) is 17.0 Å². The van der Waals surface area contributed by atoms with Gasteiger partial charge in [0.05, 0.1) is 19.3 Å². The molecular formula is C17H20ClF2N5O2. The molecule has 0 radical (unpaired) electrons. The first-order chi connectivity index (χ1) is 12.5. The Balaban J connectivity index is 1.63. The molecule has 0 aromatic carbocycles. The maximum Gasteiger partial charge on any atom is 0.290 e. The molecule has 3 heterocycles. The largest absolute Gasteiger partial charge is 0.485 e. The summed E-state index contributed by atoms with van der Waals surface area (Å²) in [6.07, 6.45) is 1.50. The van der Waals surface area contributed by atoms with E-state index in [2.05, 4.69) is 15.4 Å². The van der Waals surface area contributed by atoms with Crippen molar-refractivity contribution in [1.29, 1.82) is 0 Å². The van der Waals surface area contributed by atoms with E-state index in [4.69, 9.17) is 16.3 Å². The normalized spacial score (nSPS) is 16.7. The standard InChI is InChI=1S/C17H20ClF2N5O2/c1-16(2,8-25-9-17(19,20)10-25)27-11-4-5-14(21-7-11)22-12-6-13(18)23-24(3)15(12)26/h4-7H,8-10H2,1-3H3,(H,21,22). The minimum absolute atomic E-state index is 0.179. The van der Waals surface area contributed by atoms with Crippen molar-refractivity contribution in [1.82, 2.24) is 19.7 Å². The van der Waals surface area contributed by atoms with Gasteiger partial charge in [0.15, 0.2) is 5.15 Å². The number of halogens is 3. The lowest BCUT2D eigenvalue weighted by atomic mass is 10.0. The van der Waals surface area contributed by atoms with E-state index >= 15 is 0 Å². The number of ether oxygens (including phenoxy) is 1. The molecule has 1 N–H and O–H groups in total. The summed E-state index contributed by atoms with van der Waals surface area (Å²) in [5, 5.41) is 6.88. The van der Waals surface area contributed by atoms with Crippen molar-refractivity contribution in [2.75, 3.05) is 25.0 Å². The van der Waals surface area contributed by atoms with Gasteiger partial charge in [-0.05, 0) is 26.0 Å². The number of nitrogens with one attached hydrogen (secondary N) is 1. The van der Waals surface area contributed by atoms with E-state index in [1.807, 2.05) is 13.8 Å². The lowest BCUT2D eigenvalue weighted by Gasteiger charge is -2.42. The molecule has 2 aromatic rings. The zero-order valence-electron chi connectivity index (χ0n) is 15.2. The number of aryl methyl sites for hydroxylation is 1. The smallest absolute Gasteiger partial charge is 0.290 e. The van der Waals surface area contributed by atoms with E-state index in [1.165, 1.54) is 19.3 Å². The van der Waals surface area contributed by atoms with Crippen LogP contribution in [-0.2, 0) is 7.05 Å². The molecule has 0 unspecified atom stereocenters. The van der Waals surface area contributed by atoms with Crippen molar-refractivity contribution in [2.45, 2.75) is 25.4 Å². The Kier molecular flexibility index (Phi) is 5.09. The third-order valence-electron chi connectivity index (χ3n) is 3.94. The Labute approximate surface area is 159 Å². The SMILES string of the molecule is Cn1nc(Cl)cc(Nc2ccc(OC(C)(C)CN3CC(F)(F)C3)cn2)c1=O. The number of rotatable bonds is 6. The van der Waals surface area contributed by atoms with Crippen LogP contribution in [0.5, 0.6) is 5.75 Å². The van der Waals surface area contributed by atoms with Gasteiger partial charge in [-0.15, -0.1) is 0 Å². The second-order valence-electron chi connectivity index (χ2n) is 7.18. The number of aromatic nitrogens is 3. The fourth-order valence-corrected chi connectivity index (χ4v) is 3.15. The molecule has 0 saturated carbocycles. The van der Waals surface area contributed by atoms with E-state index in [0.29, 0.717) is 18.1 Å². The number of alkyl halides is 2. The molecule has 1 saturated heterocycles. The van der Waals surface area contributed by atoms with E-state index in [9.17, 15) is 13.6 Å². The number of likely N-dealkylation sites (tertiary alicyclic amines) is 1. The summed E-state index contributed by atoms with van der Waals surface area (Å²) >= 11 is 5.86. The fourth-order valence-electron chi connectivity index (χ4n) is 2.92. The summed E-state index contributed by atoms with van der Waals surface area (Å²) < 4.78 is 32.9. The van der Waals surface area contributed by atoms with Crippen LogP contribution in [0.2, 0.25) is 5.15 Å². The Morgan fingerprint density at radius 3 is 2.67 bits per heavy atom. The summed E-state index contributed by atoms with van der Waals surface area (Å²) in [5.41, 5.74) is -0.742. The van der Waals surface area contributed by atoms with Gasteiger partial charge in [0, 0.05) is 19.7 Å². The van der Waals surface area contributed by atoms with Crippen LogP contribution >= 0.6 is 11.6 Å². The Bertz CT molecular complexity index is 878. The van der Waals surface area contributed by atoms with E-state index in [0.717, 1.165) is 4.68 Å². The van der Waals surface area contributed by atoms with Crippen LogP contribution in [0.3, 0.4) is 0 Å². The van der Waals surface area contributed by atoms with Gasteiger partial charge in [-0.2, -0.15) is 5.10 Å². The summed E-state index contributed by atoms with van der Waals surface area (Å²) in [6, 6.07) is 4.76. The minimum atomic E-state index is -2.60. The van der Waals surface area contributed by atoms with Crippen LogP contribution < -0.4 is 15.6 Å². The maximum absolute atomic E-state index is 13.0. The molecule has 27 heavy (non-hydrogen) atoms. The van der Waals surface area contributed by atoms with E-state index in [-0.39, 0.29) is 29.5 Å². The molecule has 0 aliphatic carbocycles. The van der Waals surface area contributed by atoms with Crippen LogP contribution in [0.4, 0.5) is 20.3 Å². The molecule has 1 aliphatic heterocycles. The highest BCUT2D eigenvalue weighted by molar-refractivity contribution is 6.29. The predicted molar refractivity (Wildman–Crippen MR) is 98.1 cm³/mol. The van der Waals surface area contributed by atoms with Gasteiger partial charge in [-0.25, -0.2) is 18.4 Å². The van der Waals surface area contributed by atoms with Crippen LogP contribution in [-0.4, -0.2) is 50.8 Å². The summed E-state index contributed by atoms with van der Waals surface area (Å²) in [5.74, 6) is -1.67. The average molecular weight is 400 g/mol. The highest BCUT2D eigenvalue weighted by atomic mass is 35.5. The summed E-state index contributed by atoms with van der Waals surface area (Å²) in [4.78, 5) is 17.9. The van der Waals surface area contributed by atoms with Crippen molar-refractivity contribution < 1.29 is 13.5 Å². The monoisotopic (exact) mass is 399 g/mol. The van der Waals surface area contributed by atoms with Crippen LogP contribution in [0.15, 0.2) is 29.2 Å². The third kappa shape index (κ3) is 4.92. The molecule has 1 aliphatic rings. The van der Waals surface area contributed by atoms with Gasteiger partial charge in [0.25, 0.3) is 11.5 Å². The molecular weight excluding hydrogens is 380 g/mol. The van der Waals surface area contributed by atoms with Gasteiger partial charge in [0.2, 0.25) is 0 Å². The Hall–Kier alpha value is -2.26. The average Bonchev–Trinajstić information content (AvgIpc) is 2.51. The van der Waals surface area contributed by atoms with Crippen molar-refractivity contribution in [3.8, 4) is 5.75 Å². The number of pyridine rings is 1. The van der Waals surface area contributed by atoms with Crippen LogP contribution in [0, 0.1) is 0 Å². The summed E-state index contributed by atoms with van der Waals surface area (Å²) in [7, 11) is 1.50. The lowest BCUT2D eigenvalue weighted by molar-refractivity contribution is -0.144. The maximum atomic E-state index is 13.0. The number of hydrogen-bond donors (Lipinski definition) is 1. The third-order valence-corrected chi connectivity index (χ3v) is 4.13. The Morgan fingerprint density at radius 1 is 1.37 bits per heavy atom. The quantitative estimate of drug-likeness (QED) is 0.805. The van der Waals surface area contributed by atoms with Gasteiger partial charge >= 0.3 is 0 Å². The van der Waals surface area contributed by atoms with Gasteiger partial charge in [-0.3, -0.25) is 9.69 Å². The van der Waals surface area contributed by atoms with Crippen molar-refractivity contribution in [2.24, 2.45) is 7.05 Å². The topological polar surface area (TPSA) is 72.3 Å². The van der Waals surface area contributed by atoms with Crippen molar-refractivity contribution in [3.05, 3.63) is 39.9 Å². The predicted octanol–water partition coefficient (Wildman–Crippen LogP) is 2.68. The first-order valence-corrected chi connectivity index (χ1v) is 8.67. The van der Waals surface area contributed by atoms with Crippen LogP contribution in [0.1, 0.15) is 13.8 Å².